The lowest BCUT2D eigenvalue weighted by molar-refractivity contribution is -0.113. The molecule has 1 amide bonds. The number of carbonyl (C=O) groups is 1. The van der Waals surface area contributed by atoms with Crippen molar-refractivity contribution < 1.29 is 17.9 Å². The van der Waals surface area contributed by atoms with Gasteiger partial charge < -0.3 is 4.74 Å². The molecule has 0 spiro atoms. The molecule has 5 nitrogen and oxygen atoms in total. The summed E-state index contributed by atoms with van der Waals surface area (Å²) in [5, 5.41) is 0. The molecule has 2 aromatic carbocycles. The van der Waals surface area contributed by atoms with Gasteiger partial charge in [-0.3, -0.25) is 4.79 Å². The van der Waals surface area contributed by atoms with Crippen LogP contribution in [0.15, 0.2) is 71.1 Å². The zero-order chi connectivity index (χ0) is 17.7. The molecule has 0 aromatic heterocycles. The van der Waals surface area contributed by atoms with E-state index in [4.69, 9.17) is 4.74 Å². The van der Waals surface area contributed by atoms with Gasteiger partial charge in [0.2, 0.25) is 0 Å². The van der Waals surface area contributed by atoms with Gasteiger partial charge in [0.15, 0.2) is 0 Å². The van der Waals surface area contributed by atoms with Crippen molar-refractivity contribution in [2.75, 3.05) is 11.4 Å². The molecular weight excluding hydrogens is 326 g/mol. The van der Waals surface area contributed by atoms with Crippen LogP contribution >= 0.6 is 0 Å². The number of carbonyl (C=O) groups excluding carboxylic acids is 1. The number of anilines is 1. The van der Waals surface area contributed by atoms with Crippen LogP contribution in [0.25, 0.3) is 0 Å². The first kappa shape index (κ1) is 17.7. The minimum atomic E-state index is -4.02. The Morgan fingerprint density at radius 2 is 1.58 bits per heavy atom. The first-order valence-electron chi connectivity index (χ1n) is 7.29. The first-order chi connectivity index (χ1) is 11.4. The van der Waals surface area contributed by atoms with E-state index in [1.807, 2.05) is 0 Å². The third kappa shape index (κ3) is 3.83. The lowest BCUT2D eigenvalue weighted by atomic mass is 10.3. The van der Waals surface area contributed by atoms with Crippen molar-refractivity contribution in [2.24, 2.45) is 0 Å². The average molecular weight is 345 g/mol. The number of methoxy groups -OCH3 is 1. The first-order valence-corrected chi connectivity index (χ1v) is 8.73. The van der Waals surface area contributed by atoms with Gasteiger partial charge in [0.05, 0.1) is 17.7 Å². The van der Waals surface area contributed by atoms with E-state index in [1.54, 1.807) is 44.2 Å². The van der Waals surface area contributed by atoms with Crippen molar-refractivity contribution >= 4 is 21.6 Å². The molecule has 0 saturated carbocycles. The van der Waals surface area contributed by atoms with Gasteiger partial charge in [-0.2, -0.15) is 4.31 Å². The van der Waals surface area contributed by atoms with E-state index in [0.29, 0.717) is 11.3 Å². The summed E-state index contributed by atoms with van der Waals surface area (Å²) in [4.78, 5) is 12.6. The molecule has 6 heteroatoms. The molecule has 2 rings (SSSR count). The fraction of sp³-hybridized carbons (Fsp3) is 0.167. The average Bonchev–Trinajstić information content (AvgIpc) is 2.55. The van der Waals surface area contributed by atoms with Crippen molar-refractivity contribution in [3.05, 3.63) is 66.2 Å². The van der Waals surface area contributed by atoms with Crippen molar-refractivity contribution in [3.8, 4) is 5.75 Å². The minimum Gasteiger partial charge on any atom is -0.497 e. The zero-order valence-electron chi connectivity index (χ0n) is 13.8. The van der Waals surface area contributed by atoms with E-state index < -0.39 is 15.9 Å². The summed E-state index contributed by atoms with van der Waals surface area (Å²) < 4.78 is 31.8. The Labute approximate surface area is 142 Å². The number of hydrogen-bond acceptors (Lipinski definition) is 4. The summed E-state index contributed by atoms with van der Waals surface area (Å²) in [6.07, 6.45) is 1.30. The van der Waals surface area contributed by atoms with Crippen LogP contribution < -0.4 is 9.04 Å². The van der Waals surface area contributed by atoms with Gasteiger partial charge in [-0.25, -0.2) is 8.42 Å². The molecule has 0 bridgehead atoms. The number of nitrogens with zero attached hydrogens (tertiary/aromatic N) is 1. The lowest BCUT2D eigenvalue weighted by Crippen LogP contribution is -2.36. The van der Waals surface area contributed by atoms with Crippen LogP contribution in [0.4, 0.5) is 5.69 Å². The summed E-state index contributed by atoms with van der Waals surface area (Å²) in [5.41, 5.74) is 0.962. The van der Waals surface area contributed by atoms with Gasteiger partial charge in [-0.1, -0.05) is 23.8 Å². The maximum atomic E-state index is 13.0. The van der Waals surface area contributed by atoms with E-state index in [-0.39, 0.29) is 10.6 Å². The monoisotopic (exact) mass is 345 g/mol. The van der Waals surface area contributed by atoms with E-state index in [2.05, 4.69) is 0 Å². The predicted octanol–water partition coefficient (Wildman–Crippen LogP) is 3.38. The summed E-state index contributed by atoms with van der Waals surface area (Å²) in [6.45, 7) is 3.47. The Kier molecular flexibility index (Phi) is 5.41. The van der Waals surface area contributed by atoms with E-state index >= 15 is 0 Å². The molecule has 0 aliphatic rings. The molecule has 0 aliphatic carbocycles. The third-order valence-electron chi connectivity index (χ3n) is 3.20. The number of ether oxygens (including phenoxy) is 1. The van der Waals surface area contributed by atoms with Crippen LogP contribution in [0.1, 0.15) is 13.8 Å². The molecule has 0 radical (unpaired) electrons. The van der Waals surface area contributed by atoms with Crippen LogP contribution in [0.2, 0.25) is 0 Å². The molecule has 126 valence electrons. The summed E-state index contributed by atoms with van der Waals surface area (Å²) in [7, 11) is -2.50. The van der Waals surface area contributed by atoms with E-state index in [1.165, 1.54) is 37.5 Å². The van der Waals surface area contributed by atoms with Crippen LogP contribution in [0.3, 0.4) is 0 Å². The lowest BCUT2D eigenvalue weighted by Gasteiger charge is -2.21. The fourth-order valence-corrected chi connectivity index (χ4v) is 3.51. The van der Waals surface area contributed by atoms with Crippen LogP contribution in [0.5, 0.6) is 5.75 Å². The highest BCUT2D eigenvalue weighted by Crippen LogP contribution is 2.26. The van der Waals surface area contributed by atoms with Crippen LogP contribution in [0, 0.1) is 0 Å². The van der Waals surface area contributed by atoms with E-state index in [9.17, 15) is 13.2 Å². The number of rotatable bonds is 5. The predicted molar refractivity (Wildman–Crippen MR) is 93.5 cm³/mol. The van der Waals surface area contributed by atoms with Gasteiger partial charge >= 0.3 is 0 Å². The van der Waals surface area contributed by atoms with Gasteiger partial charge in [0.1, 0.15) is 5.75 Å². The topological polar surface area (TPSA) is 63.7 Å². The standard InChI is InChI=1S/C18H19NO4S/c1-14(2)13-18(20)19(15-9-11-16(23-3)12-10-15)24(21,22)17-7-5-4-6-8-17/h4-13H,1-3H3. The molecule has 0 heterocycles. The fourth-order valence-electron chi connectivity index (χ4n) is 2.11. The van der Waals surface area contributed by atoms with Crippen molar-refractivity contribution in [3.63, 3.8) is 0 Å². The number of allylic oxidation sites excluding steroid dienone is 1. The number of hydrogen-bond donors (Lipinski definition) is 0. The number of amides is 1. The normalized spacial score (nSPS) is 10.8. The molecule has 0 atom stereocenters. The molecule has 0 N–H and O–H groups in total. The number of sulfonamides is 1. The largest absolute Gasteiger partial charge is 0.497 e. The highest BCUT2D eigenvalue weighted by atomic mass is 32.2. The van der Waals surface area contributed by atoms with E-state index in [0.717, 1.165) is 4.31 Å². The second-order valence-electron chi connectivity index (χ2n) is 5.34. The van der Waals surface area contributed by atoms with Crippen molar-refractivity contribution in [2.45, 2.75) is 18.7 Å². The molecule has 24 heavy (non-hydrogen) atoms. The molecule has 0 unspecified atom stereocenters. The highest BCUT2D eigenvalue weighted by Gasteiger charge is 2.29. The minimum absolute atomic E-state index is 0.0522. The Hall–Kier alpha value is -2.60. The molecule has 0 aliphatic heterocycles. The Morgan fingerprint density at radius 1 is 1.00 bits per heavy atom. The van der Waals surface area contributed by atoms with Gasteiger partial charge in [0.25, 0.3) is 15.9 Å². The van der Waals surface area contributed by atoms with Crippen LogP contribution in [-0.4, -0.2) is 21.4 Å². The smallest absolute Gasteiger partial charge is 0.271 e. The Balaban J connectivity index is 2.58. The second kappa shape index (κ2) is 7.31. The maximum absolute atomic E-state index is 13.0. The van der Waals surface area contributed by atoms with Gasteiger partial charge in [-0.15, -0.1) is 0 Å². The molecule has 0 fully saturated rings. The number of benzene rings is 2. The molecule has 0 saturated heterocycles. The summed E-state index contributed by atoms with van der Waals surface area (Å²) in [5.74, 6) is -0.0468. The summed E-state index contributed by atoms with van der Waals surface area (Å²) in [6, 6.07) is 14.2. The second-order valence-corrected chi connectivity index (χ2v) is 7.13. The third-order valence-corrected chi connectivity index (χ3v) is 4.94. The molecular formula is C18H19NO4S. The van der Waals surface area contributed by atoms with Gasteiger partial charge in [-0.05, 0) is 50.2 Å². The van der Waals surface area contributed by atoms with Crippen molar-refractivity contribution in [1.29, 1.82) is 0 Å². The summed E-state index contributed by atoms with van der Waals surface area (Å²) >= 11 is 0. The van der Waals surface area contributed by atoms with Gasteiger partial charge in [0, 0.05) is 6.08 Å². The molecule has 2 aromatic rings. The Bertz CT molecular complexity index is 836. The zero-order valence-corrected chi connectivity index (χ0v) is 14.6. The quantitative estimate of drug-likeness (QED) is 0.779. The SMILES string of the molecule is COc1ccc(N(C(=O)C=C(C)C)S(=O)(=O)c2ccccc2)cc1. The van der Waals surface area contributed by atoms with Crippen LogP contribution in [-0.2, 0) is 14.8 Å². The highest BCUT2D eigenvalue weighted by molar-refractivity contribution is 7.93. The Morgan fingerprint density at radius 3 is 2.08 bits per heavy atom. The van der Waals surface area contributed by atoms with Crippen molar-refractivity contribution in [1.82, 2.24) is 0 Å². The maximum Gasteiger partial charge on any atom is 0.271 e.